The normalized spacial score (nSPS) is 14.7. The predicted molar refractivity (Wildman–Crippen MR) is 67.5 cm³/mol. The molecule has 2 heterocycles. The zero-order valence-corrected chi connectivity index (χ0v) is 10.6. The Morgan fingerprint density at radius 3 is 2.28 bits per heavy atom. The molecule has 18 heavy (non-hydrogen) atoms. The van der Waals surface area contributed by atoms with E-state index in [2.05, 4.69) is 15.3 Å². The molecule has 2 rings (SSSR count). The van der Waals surface area contributed by atoms with E-state index in [-0.39, 0.29) is 11.5 Å². The molecule has 0 unspecified atom stereocenters. The van der Waals surface area contributed by atoms with Crippen LogP contribution in [0.15, 0.2) is 15.8 Å². The van der Waals surface area contributed by atoms with E-state index in [1.807, 2.05) is 4.90 Å². The Kier molecular flexibility index (Phi) is 5.31. The molecule has 0 aromatic carbocycles. The van der Waals surface area contributed by atoms with Crippen LogP contribution in [0.3, 0.4) is 0 Å². The Hall–Kier alpha value is -1.89. The van der Waals surface area contributed by atoms with Crippen molar-refractivity contribution in [2.24, 2.45) is 0 Å². The molecule has 0 radical (unpaired) electrons. The van der Waals surface area contributed by atoms with Crippen molar-refractivity contribution < 1.29 is 4.79 Å². The van der Waals surface area contributed by atoms with Gasteiger partial charge >= 0.3 is 5.69 Å². The van der Waals surface area contributed by atoms with Crippen LogP contribution in [0.1, 0.15) is 12.5 Å². The fourth-order valence-electron chi connectivity index (χ4n) is 1.46. The van der Waals surface area contributed by atoms with Crippen LogP contribution in [-0.4, -0.2) is 47.0 Å². The lowest BCUT2D eigenvalue weighted by molar-refractivity contribution is -0.129. The maximum Gasteiger partial charge on any atom is 0.325 e. The van der Waals surface area contributed by atoms with E-state index < -0.39 is 5.69 Å². The minimum Gasteiger partial charge on any atom is -0.340 e. The summed E-state index contributed by atoms with van der Waals surface area (Å²) >= 11 is 0. The van der Waals surface area contributed by atoms with Gasteiger partial charge in [0, 0.05) is 44.9 Å². The van der Waals surface area contributed by atoms with Gasteiger partial charge in [0.1, 0.15) is 0 Å². The Morgan fingerprint density at radius 2 is 1.89 bits per heavy atom. The second-order valence-corrected chi connectivity index (χ2v) is 4.01. The van der Waals surface area contributed by atoms with E-state index in [4.69, 9.17) is 0 Å². The molecule has 3 N–H and O–H groups in total. The number of carbonyl (C=O) groups is 1. The summed E-state index contributed by atoms with van der Waals surface area (Å²) in [6.45, 7) is 6.86. The fraction of sp³-hybridized carbons (Fsp3) is 0.545. The molecule has 1 saturated heterocycles. The second-order valence-electron chi connectivity index (χ2n) is 4.01. The molecular weight excluding hydrogens is 236 g/mol. The largest absolute Gasteiger partial charge is 0.340 e. The molecule has 0 aliphatic carbocycles. The molecule has 1 aliphatic heterocycles. The molecule has 7 nitrogen and oxygen atoms in total. The molecule has 0 spiro atoms. The average molecular weight is 254 g/mol. The number of piperazine rings is 1. The molecule has 7 heteroatoms. The van der Waals surface area contributed by atoms with E-state index in [0.29, 0.717) is 5.56 Å². The molecule has 1 aromatic heterocycles. The Labute approximate surface area is 104 Å². The van der Waals surface area contributed by atoms with E-state index in [9.17, 15) is 14.4 Å². The standard InChI is InChI=1S/C6H12N2O.C5H6N2O2/c1-6(9)8-4-2-7-3-5-8;1-3-2-6-5(9)7-4(3)8/h7H,2-5H2,1H3;2H,1H3,(H2,6,7,8,9). The van der Waals surface area contributed by atoms with Crippen LogP contribution < -0.4 is 16.6 Å². The van der Waals surface area contributed by atoms with Gasteiger partial charge in [-0.2, -0.15) is 0 Å². The number of amides is 1. The van der Waals surface area contributed by atoms with Gasteiger partial charge in [0.15, 0.2) is 0 Å². The molecule has 100 valence electrons. The maximum atomic E-state index is 10.7. The van der Waals surface area contributed by atoms with Gasteiger partial charge in [-0.25, -0.2) is 4.79 Å². The van der Waals surface area contributed by atoms with Crippen LogP contribution in [0, 0.1) is 6.92 Å². The number of hydrogen-bond donors (Lipinski definition) is 3. The number of nitrogens with one attached hydrogen (secondary N) is 3. The van der Waals surface area contributed by atoms with Crippen molar-refractivity contribution in [3.63, 3.8) is 0 Å². The first-order valence-electron chi connectivity index (χ1n) is 5.75. The molecule has 0 saturated carbocycles. The first kappa shape index (κ1) is 14.2. The molecular formula is C11H18N4O3. The summed E-state index contributed by atoms with van der Waals surface area (Å²) in [5.74, 6) is 0.191. The number of carbonyl (C=O) groups excluding carboxylic acids is 1. The number of aromatic nitrogens is 2. The number of rotatable bonds is 0. The van der Waals surface area contributed by atoms with Crippen LogP contribution in [-0.2, 0) is 4.79 Å². The van der Waals surface area contributed by atoms with E-state index in [1.54, 1.807) is 13.8 Å². The Bertz CT molecular complexity index is 500. The lowest BCUT2D eigenvalue weighted by Gasteiger charge is -2.25. The smallest absolute Gasteiger partial charge is 0.325 e. The van der Waals surface area contributed by atoms with Crippen molar-refractivity contribution in [3.05, 3.63) is 32.6 Å². The number of nitrogens with zero attached hydrogens (tertiary/aromatic N) is 1. The van der Waals surface area contributed by atoms with Crippen molar-refractivity contribution in [1.29, 1.82) is 0 Å². The van der Waals surface area contributed by atoms with Gasteiger partial charge in [0.2, 0.25) is 5.91 Å². The highest BCUT2D eigenvalue weighted by molar-refractivity contribution is 5.73. The number of aromatic amines is 2. The van der Waals surface area contributed by atoms with E-state index >= 15 is 0 Å². The molecule has 0 atom stereocenters. The SMILES string of the molecule is CC(=O)N1CCNCC1.Cc1c[nH]c(=O)[nH]c1=O. The lowest BCUT2D eigenvalue weighted by atomic mass is 10.4. The number of aryl methyl sites for hydroxylation is 1. The van der Waals surface area contributed by atoms with Gasteiger partial charge < -0.3 is 15.2 Å². The fourth-order valence-corrected chi connectivity index (χ4v) is 1.46. The molecule has 0 bridgehead atoms. The quantitative estimate of drug-likeness (QED) is 0.542. The summed E-state index contributed by atoms with van der Waals surface area (Å²) in [6, 6.07) is 0. The highest BCUT2D eigenvalue weighted by Crippen LogP contribution is 1.90. The van der Waals surface area contributed by atoms with Crippen LogP contribution in [0.25, 0.3) is 0 Å². The Balaban J connectivity index is 0.000000180. The van der Waals surface area contributed by atoms with Crippen LogP contribution in [0.5, 0.6) is 0 Å². The first-order valence-corrected chi connectivity index (χ1v) is 5.75. The van der Waals surface area contributed by atoms with Crippen LogP contribution >= 0.6 is 0 Å². The molecule has 1 fully saturated rings. The summed E-state index contributed by atoms with van der Waals surface area (Å²) in [4.78, 5) is 37.9. The van der Waals surface area contributed by atoms with Gasteiger partial charge in [-0.05, 0) is 6.92 Å². The van der Waals surface area contributed by atoms with Crippen molar-refractivity contribution in [2.45, 2.75) is 13.8 Å². The van der Waals surface area contributed by atoms with Crippen LogP contribution in [0.4, 0.5) is 0 Å². The van der Waals surface area contributed by atoms with Gasteiger partial charge in [0.05, 0.1) is 0 Å². The summed E-state index contributed by atoms with van der Waals surface area (Å²) < 4.78 is 0. The lowest BCUT2D eigenvalue weighted by Crippen LogP contribution is -2.45. The molecule has 1 aliphatic rings. The van der Waals surface area contributed by atoms with E-state index in [0.717, 1.165) is 26.2 Å². The van der Waals surface area contributed by atoms with Gasteiger partial charge in [-0.3, -0.25) is 14.6 Å². The topological polar surface area (TPSA) is 98.1 Å². The third kappa shape index (κ3) is 4.54. The minimum atomic E-state index is -0.467. The zero-order valence-electron chi connectivity index (χ0n) is 10.6. The molecule has 1 amide bonds. The maximum absolute atomic E-state index is 10.7. The van der Waals surface area contributed by atoms with Crippen LogP contribution in [0.2, 0.25) is 0 Å². The summed E-state index contributed by atoms with van der Waals surface area (Å²) in [5, 5.41) is 3.18. The van der Waals surface area contributed by atoms with E-state index in [1.165, 1.54) is 6.20 Å². The van der Waals surface area contributed by atoms with Gasteiger partial charge in [-0.1, -0.05) is 0 Å². The summed E-state index contributed by atoms with van der Waals surface area (Å²) in [7, 11) is 0. The highest BCUT2D eigenvalue weighted by Gasteiger charge is 2.10. The third-order valence-electron chi connectivity index (χ3n) is 2.57. The second kappa shape index (κ2) is 6.75. The summed E-state index contributed by atoms with van der Waals surface area (Å²) in [6.07, 6.45) is 1.38. The number of H-pyrrole nitrogens is 2. The van der Waals surface area contributed by atoms with Crippen molar-refractivity contribution in [2.75, 3.05) is 26.2 Å². The highest BCUT2D eigenvalue weighted by atomic mass is 16.2. The monoisotopic (exact) mass is 254 g/mol. The third-order valence-corrected chi connectivity index (χ3v) is 2.57. The first-order chi connectivity index (χ1) is 8.50. The Morgan fingerprint density at radius 1 is 1.28 bits per heavy atom. The predicted octanol–water partition coefficient (Wildman–Crippen LogP) is -1.19. The molecule has 1 aromatic rings. The van der Waals surface area contributed by atoms with Gasteiger partial charge in [-0.15, -0.1) is 0 Å². The average Bonchev–Trinajstić information content (AvgIpc) is 2.36. The van der Waals surface area contributed by atoms with Crippen molar-refractivity contribution in [3.8, 4) is 0 Å². The minimum absolute atomic E-state index is 0.191. The van der Waals surface area contributed by atoms with Crippen molar-refractivity contribution in [1.82, 2.24) is 20.2 Å². The van der Waals surface area contributed by atoms with Crippen molar-refractivity contribution >= 4 is 5.91 Å². The number of hydrogen-bond acceptors (Lipinski definition) is 4. The van der Waals surface area contributed by atoms with Gasteiger partial charge in [0.25, 0.3) is 5.56 Å². The zero-order chi connectivity index (χ0) is 13.5. The summed E-state index contributed by atoms with van der Waals surface area (Å²) in [5.41, 5.74) is -0.293.